The molecule has 2 aliphatic heterocycles. The molecule has 0 radical (unpaired) electrons. The molecule has 0 fully saturated rings. The lowest BCUT2D eigenvalue weighted by Crippen LogP contribution is -2.54. The van der Waals surface area contributed by atoms with Crippen molar-refractivity contribution in [3.8, 4) is 0 Å². The van der Waals surface area contributed by atoms with Gasteiger partial charge in [0.1, 0.15) is 18.2 Å². The average molecular weight is 553 g/mol. The molecule has 0 saturated heterocycles. The molecule has 4 aromatic carbocycles. The fourth-order valence-electron chi connectivity index (χ4n) is 6.69. The molecule has 2 heterocycles. The van der Waals surface area contributed by atoms with Gasteiger partial charge in [-0.1, -0.05) is 105 Å². The van der Waals surface area contributed by atoms with Crippen LogP contribution in [-0.2, 0) is 0 Å². The minimum absolute atomic E-state index is 0.0662. The van der Waals surface area contributed by atoms with Crippen molar-refractivity contribution in [3.05, 3.63) is 119 Å². The second-order valence-corrected chi connectivity index (χ2v) is 11.8. The van der Waals surface area contributed by atoms with Crippen LogP contribution in [0.15, 0.2) is 107 Å². The summed E-state index contributed by atoms with van der Waals surface area (Å²) in [5.41, 5.74) is 13.6. The largest absolute Gasteiger partial charge is 0.342 e. The van der Waals surface area contributed by atoms with Crippen LogP contribution in [0.3, 0.4) is 0 Å². The molecule has 4 aromatic rings. The number of allylic oxidation sites excluding steroid dienone is 1. The Morgan fingerprint density at radius 3 is 2.12 bits per heavy atom. The van der Waals surface area contributed by atoms with Crippen molar-refractivity contribution in [3.63, 3.8) is 0 Å². The highest BCUT2D eigenvalue weighted by molar-refractivity contribution is 6.96. The summed E-state index contributed by atoms with van der Waals surface area (Å²) >= 11 is 0. The van der Waals surface area contributed by atoms with Crippen molar-refractivity contribution in [2.45, 2.75) is 47.6 Å². The highest BCUT2D eigenvalue weighted by Gasteiger charge is 2.35. The predicted molar refractivity (Wildman–Crippen MR) is 177 cm³/mol. The number of nitrogens with zero attached hydrogens (tertiary/aromatic N) is 5. The molecule has 1 unspecified atom stereocenters. The highest BCUT2D eigenvalue weighted by Crippen LogP contribution is 2.34. The number of amidine groups is 1. The van der Waals surface area contributed by atoms with E-state index in [1.807, 2.05) is 0 Å². The van der Waals surface area contributed by atoms with Gasteiger partial charge < -0.3 is 4.90 Å². The normalized spacial score (nSPS) is 16.7. The van der Waals surface area contributed by atoms with Crippen molar-refractivity contribution in [2.75, 3.05) is 18.7 Å². The number of hydrazone groups is 1. The van der Waals surface area contributed by atoms with Crippen LogP contribution in [0.2, 0.25) is 0 Å². The van der Waals surface area contributed by atoms with Gasteiger partial charge in [-0.3, -0.25) is 0 Å². The van der Waals surface area contributed by atoms with Gasteiger partial charge in [-0.2, -0.15) is 5.10 Å². The van der Waals surface area contributed by atoms with Crippen LogP contribution in [0.25, 0.3) is 5.57 Å². The van der Waals surface area contributed by atoms with Crippen LogP contribution in [-0.4, -0.2) is 41.9 Å². The van der Waals surface area contributed by atoms with Gasteiger partial charge in [-0.05, 0) is 57.4 Å². The van der Waals surface area contributed by atoms with Crippen molar-refractivity contribution in [1.29, 1.82) is 0 Å². The number of azo groups is 2. The number of benzene rings is 4. The summed E-state index contributed by atoms with van der Waals surface area (Å²) in [6, 6.07) is 33.3. The Labute approximate surface area is 250 Å². The van der Waals surface area contributed by atoms with Crippen LogP contribution in [0.4, 0.5) is 11.4 Å². The van der Waals surface area contributed by atoms with E-state index < -0.39 is 0 Å². The van der Waals surface area contributed by atoms with E-state index in [1.54, 1.807) is 0 Å². The summed E-state index contributed by atoms with van der Waals surface area (Å²) in [5, 5.41) is 11.9. The molecular weight excluding hydrogens is 513 g/mol. The number of anilines is 1. The zero-order chi connectivity index (χ0) is 29.5. The Morgan fingerprint density at radius 1 is 0.786 bits per heavy atom. The van der Waals surface area contributed by atoms with E-state index in [0.717, 1.165) is 29.6 Å². The Bertz CT molecular complexity index is 1730. The Kier molecular flexibility index (Phi) is 7.32. The van der Waals surface area contributed by atoms with Crippen molar-refractivity contribution in [1.82, 2.24) is 4.90 Å². The van der Waals surface area contributed by atoms with Crippen LogP contribution >= 0.6 is 0 Å². The van der Waals surface area contributed by atoms with Gasteiger partial charge in [-0.25, -0.2) is 5.01 Å². The van der Waals surface area contributed by atoms with E-state index in [2.05, 4.69) is 154 Å². The lowest BCUT2D eigenvalue weighted by molar-refractivity contribution is -0.524. The van der Waals surface area contributed by atoms with Crippen LogP contribution in [0.1, 0.15) is 43.0 Å². The molecule has 210 valence electrons. The summed E-state index contributed by atoms with van der Waals surface area (Å²) in [7, 11) is 2.08. The second kappa shape index (κ2) is 11.1. The van der Waals surface area contributed by atoms with Gasteiger partial charge in [0.25, 0.3) is 0 Å². The maximum Gasteiger partial charge on any atom is 0.242 e. The smallest absolute Gasteiger partial charge is 0.242 e. The third-order valence-electron chi connectivity index (χ3n) is 8.68. The van der Waals surface area contributed by atoms with E-state index in [9.17, 15) is 0 Å². The molecular formula is C36H39BN5+. The van der Waals surface area contributed by atoms with Crippen LogP contribution < -0.4 is 21.4 Å². The molecule has 0 bridgehead atoms. The van der Waals surface area contributed by atoms with Crippen LogP contribution in [0.5, 0.6) is 0 Å². The SMILES string of the molecule is CC1=NN(c2cccc(B(c3cccc([N+]4=NC(C)=C(c5ccccc5)C4C)c3)c3c(C)cc(C)cc3C)c2)CN1C. The van der Waals surface area contributed by atoms with Crippen molar-refractivity contribution < 1.29 is 4.70 Å². The number of aryl methyl sites for hydroxylation is 3. The Hall–Kier alpha value is -4.45. The summed E-state index contributed by atoms with van der Waals surface area (Å²) < 4.78 is 2.18. The molecule has 6 heteroatoms. The summed E-state index contributed by atoms with van der Waals surface area (Å²) in [6.45, 7) is 13.9. The standard InChI is InChI=1S/C36H39BN5/c1-24-19-25(2)36(26(3)20-24)37(31-15-11-17-33(21-31)41-23-40(7)29(6)39-41)32-16-12-18-34(22-32)42-28(5)35(27(4)38-42)30-13-9-8-10-14-30/h8-22,28H,23H2,1-7H3/q+1. The first kappa shape index (κ1) is 27.7. The second-order valence-electron chi connectivity index (χ2n) is 11.8. The maximum atomic E-state index is 5.06. The van der Waals surface area contributed by atoms with E-state index in [0.29, 0.717) is 0 Å². The highest BCUT2D eigenvalue weighted by atomic mass is 15.6. The van der Waals surface area contributed by atoms with Crippen LogP contribution in [0, 0.1) is 20.8 Å². The minimum atomic E-state index is 0.0662. The molecule has 0 amide bonds. The van der Waals surface area contributed by atoms with E-state index in [-0.39, 0.29) is 12.8 Å². The van der Waals surface area contributed by atoms with Crippen molar-refractivity contribution >= 4 is 45.9 Å². The third-order valence-corrected chi connectivity index (χ3v) is 8.68. The summed E-state index contributed by atoms with van der Waals surface area (Å²) in [6.07, 6.45) is 0. The molecule has 0 aromatic heterocycles. The summed E-state index contributed by atoms with van der Waals surface area (Å²) in [4.78, 5) is 2.17. The van der Waals surface area contributed by atoms with E-state index in [1.165, 1.54) is 44.2 Å². The van der Waals surface area contributed by atoms with Crippen molar-refractivity contribution in [2.24, 2.45) is 10.2 Å². The lowest BCUT2D eigenvalue weighted by Gasteiger charge is -2.23. The van der Waals surface area contributed by atoms with Gasteiger partial charge in [-0.15, -0.1) is 0 Å². The van der Waals surface area contributed by atoms with Gasteiger partial charge in [0.15, 0.2) is 0 Å². The quantitative estimate of drug-likeness (QED) is 0.214. The minimum Gasteiger partial charge on any atom is -0.342 e. The molecule has 0 N–H and O–H groups in total. The number of rotatable bonds is 6. The third kappa shape index (κ3) is 5.06. The Morgan fingerprint density at radius 2 is 1.45 bits per heavy atom. The van der Waals surface area contributed by atoms with Gasteiger partial charge in [0.05, 0.1) is 11.3 Å². The molecule has 2 aliphatic rings. The molecule has 0 aliphatic carbocycles. The molecule has 1 atom stereocenters. The number of hydrogen-bond donors (Lipinski definition) is 0. The fraction of sp³-hybridized carbons (Fsp3) is 0.250. The molecule has 6 rings (SSSR count). The topological polar surface area (TPSA) is 34.2 Å². The average Bonchev–Trinajstić information content (AvgIpc) is 3.47. The first-order valence-electron chi connectivity index (χ1n) is 14.8. The zero-order valence-electron chi connectivity index (χ0n) is 25.8. The first-order chi connectivity index (χ1) is 20.2. The fourth-order valence-corrected chi connectivity index (χ4v) is 6.69. The molecule has 42 heavy (non-hydrogen) atoms. The first-order valence-corrected chi connectivity index (χ1v) is 14.8. The van der Waals surface area contributed by atoms with E-state index in [4.69, 9.17) is 10.2 Å². The Balaban J connectivity index is 1.45. The van der Waals surface area contributed by atoms with Gasteiger partial charge in [0.2, 0.25) is 18.4 Å². The monoisotopic (exact) mass is 552 g/mol. The zero-order valence-corrected chi connectivity index (χ0v) is 25.8. The number of hydrogen-bond acceptors (Lipinski definition) is 4. The van der Waals surface area contributed by atoms with Gasteiger partial charge in [0, 0.05) is 26.1 Å². The molecule has 0 spiro atoms. The summed E-state index contributed by atoms with van der Waals surface area (Å²) in [5.74, 6) is 1.03. The van der Waals surface area contributed by atoms with Gasteiger partial charge >= 0.3 is 0 Å². The molecule has 0 saturated carbocycles. The maximum absolute atomic E-state index is 5.06. The lowest BCUT2D eigenvalue weighted by atomic mass is 9.35. The predicted octanol–water partition coefficient (Wildman–Crippen LogP) is 6.10. The van der Waals surface area contributed by atoms with E-state index >= 15 is 0 Å². The molecule has 5 nitrogen and oxygen atoms in total.